The molecule has 0 unspecified atom stereocenters. The highest BCUT2D eigenvalue weighted by Crippen LogP contribution is 2.33. The monoisotopic (exact) mass is 348 g/mol. The molecule has 8 heteroatoms. The molecule has 1 aromatic carbocycles. The molecule has 0 saturated carbocycles. The summed E-state index contributed by atoms with van der Waals surface area (Å²) in [5.74, 6) is -1.07. The largest absolute Gasteiger partial charge is 0.476 e. The maximum atomic E-state index is 11.4. The molecule has 23 heavy (non-hydrogen) atoms. The van der Waals surface area contributed by atoms with Gasteiger partial charge in [-0.15, -0.1) is 10.2 Å². The summed E-state index contributed by atoms with van der Waals surface area (Å²) in [6.07, 6.45) is 1.69. The van der Waals surface area contributed by atoms with E-state index in [-0.39, 0.29) is 16.5 Å². The van der Waals surface area contributed by atoms with E-state index < -0.39 is 5.97 Å². The molecule has 0 bridgehead atoms. The van der Waals surface area contributed by atoms with Gasteiger partial charge in [-0.1, -0.05) is 29.3 Å². The highest BCUT2D eigenvalue weighted by atomic mass is 35.5. The fourth-order valence-corrected chi connectivity index (χ4v) is 2.38. The first-order chi connectivity index (χ1) is 11.0. The van der Waals surface area contributed by atoms with Crippen LogP contribution in [0.15, 0.2) is 46.8 Å². The number of aromatic carboxylic acids is 1. The number of fused-ring (bicyclic) bond motifs is 1. The lowest BCUT2D eigenvalue weighted by atomic mass is 10.3. The van der Waals surface area contributed by atoms with Gasteiger partial charge in [-0.25, -0.2) is 9.78 Å². The van der Waals surface area contributed by atoms with Gasteiger partial charge >= 0.3 is 5.97 Å². The Kier molecular flexibility index (Phi) is 4.02. The summed E-state index contributed by atoms with van der Waals surface area (Å²) < 4.78 is 1.55. The van der Waals surface area contributed by atoms with Crippen LogP contribution in [0.3, 0.4) is 0 Å². The topological polar surface area (TPSA) is 79.3 Å². The van der Waals surface area contributed by atoms with Crippen molar-refractivity contribution in [1.29, 1.82) is 0 Å². The zero-order valence-corrected chi connectivity index (χ0v) is 13.4. The molecule has 0 atom stereocenters. The van der Waals surface area contributed by atoms with Gasteiger partial charge in [0.15, 0.2) is 11.5 Å². The van der Waals surface area contributed by atoms with Crippen LogP contribution in [0.25, 0.3) is 5.65 Å². The number of aromatic nitrogens is 2. The molecule has 116 valence electrons. The van der Waals surface area contributed by atoms with Gasteiger partial charge in [-0.3, -0.25) is 4.40 Å². The molecule has 3 aromatic rings. The third kappa shape index (κ3) is 2.91. The highest BCUT2D eigenvalue weighted by Gasteiger charge is 2.18. The summed E-state index contributed by atoms with van der Waals surface area (Å²) in [5.41, 5.74) is 1.60. The Morgan fingerprint density at radius 2 is 2.04 bits per heavy atom. The van der Waals surface area contributed by atoms with Gasteiger partial charge in [0.25, 0.3) is 0 Å². The van der Waals surface area contributed by atoms with Gasteiger partial charge in [0.2, 0.25) is 0 Å². The number of hydrogen-bond acceptors (Lipinski definition) is 4. The molecule has 0 saturated heterocycles. The molecule has 6 nitrogen and oxygen atoms in total. The van der Waals surface area contributed by atoms with E-state index in [1.807, 2.05) is 13.0 Å². The minimum atomic E-state index is -1.18. The van der Waals surface area contributed by atoms with E-state index in [0.29, 0.717) is 16.4 Å². The number of imidazole rings is 1. The molecule has 0 aliphatic rings. The number of carbonyl (C=O) groups is 1. The average molecular weight is 349 g/mol. The molecule has 3 rings (SSSR count). The third-order valence-electron chi connectivity index (χ3n) is 3.14. The summed E-state index contributed by atoms with van der Waals surface area (Å²) in [6, 6.07) is 8.52. The van der Waals surface area contributed by atoms with Gasteiger partial charge in [0.05, 0.1) is 10.0 Å². The zero-order valence-electron chi connectivity index (χ0n) is 11.9. The number of carboxylic acid groups (broad SMARTS) is 1. The number of hydrogen-bond donors (Lipinski definition) is 1. The molecular formula is C15H10Cl2N4O2. The first kappa shape index (κ1) is 15.5. The standard InChI is InChI=1S/C15H10Cl2N4O2/c1-8-5-6-21-11(7-8)18-13(15(22)23)14(21)20-19-10-4-2-3-9(16)12(10)17/h2-7H,1H3,(H,22,23). The Morgan fingerprint density at radius 3 is 2.78 bits per heavy atom. The van der Waals surface area contributed by atoms with E-state index in [4.69, 9.17) is 23.2 Å². The van der Waals surface area contributed by atoms with Crippen LogP contribution < -0.4 is 0 Å². The summed E-state index contributed by atoms with van der Waals surface area (Å²) in [7, 11) is 0. The number of pyridine rings is 1. The molecule has 0 spiro atoms. The Labute approximate surface area is 141 Å². The number of halogens is 2. The van der Waals surface area contributed by atoms with Crippen LogP contribution in [0.2, 0.25) is 10.0 Å². The van der Waals surface area contributed by atoms with Crippen LogP contribution >= 0.6 is 23.2 Å². The summed E-state index contributed by atoms with van der Waals surface area (Å²) in [4.78, 5) is 15.5. The molecule has 2 aromatic heterocycles. The van der Waals surface area contributed by atoms with E-state index in [9.17, 15) is 9.90 Å². The number of aryl methyl sites for hydroxylation is 1. The number of azo groups is 1. The molecule has 0 radical (unpaired) electrons. The number of rotatable bonds is 3. The van der Waals surface area contributed by atoms with Crippen molar-refractivity contribution >= 4 is 46.3 Å². The minimum absolute atomic E-state index is 0.114. The maximum Gasteiger partial charge on any atom is 0.358 e. The first-order valence-corrected chi connectivity index (χ1v) is 7.30. The third-order valence-corrected chi connectivity index (χ3v) is 3.95. The Morgan fingerprint density at radius 1 is 1.26 bits per heavy atom. The predicted octanol–water partition coefficient (Wildman–Crippen LogP) is 5.06. The van der Waals surface area contributed by atoms with Gasteiger partial charge < -0.3 is 5.11 Å². The lowest BCUT2D eigenvalue weighted by Gasteiger charge is -2.00. The lowest BCUT2D eigenvalue weighted by molar-refractivity contribution is 0.0692. The van der Waals surface area contributed by atoms with Crippen molar-refractivity contribution in [3.05, 3.63) is 57.8 Å². The van der Waals surface area contributed by atoms with Crippen LogP contribution in [-0.2, 0) is 0 Å². The number of carboxylic acids is 1. The fourth-order valence-electron chi connectivity index (χ4n) is 2.04. The van der Waals surface area contributed by atoms with E-state index in [0.717, 1.165) is 5.56 Å². The molecule has 0 aliphatic carbocycles. The second-order valence-electron chi connectivity index (χ2n) is 4.79. The van der Waals surface area contributed by atoms with Gasteiger partial charge in [-0.2, -0.15) is 0 Å². The second-order valence-corrected chi connectivity index (χ2v) is 5.58. The van der Waals surface area contributed by atoms with Crippen LogP contribution in [-0.4, -0.2) is 20.5 Å². The Hall–Kier alpha value is -2.44. The van der Waals surface area contributed by atoms with Gasteiger partial charge in [0.1, 0.15) is 11.3 Å². The smallest absolute Gasteiger partial charge is 0.358 e. The maximum absolute atomic E-state index is 11.4. The second kappa shape index (κ2) is 5.98. The Bertz CT molecular complexity index is 950. The molecular weight excluding hydrogens is 339 g/mol. The van der Waals surface area contributed by atoms with E-state index in [2.05, 4.69) is 15.2 Å². The summed E-state index contributed by atoms with van der Waals surface area (Å²) >= 11 is 12.0. The summed E-state index contributed by atoms with van der Waals surface area (Å²) in [5, 5.41) is 17.9. The number of benzene rings is 1. The van der Waals surface area contributed by atoms with Crippen molar-refractivity contribution in [3.8, 4) is 0 Å². The lowest BCUT2D eigenvalue weighted by Crippen LogP contribution is -1.96. The molecule has 2 heterocycles. The van der Waals surface area contributed by atoms with Crippen molar-refractivity contribution in [2.75, 3.05) is 0 Å². The van der Waals surface area contributed by atoms with Crippen LogP contribution in [0.4, 0.5) is 11.5 Å². The predicted molar refractivity (Wildman–Crippen MR) is 87.5 cm³/mol. The van der Waals surface area contributed by atoms with Crippen molar-refractivity contribution in [3.63, 3.8) is 0 Å². The zero-order chi connectivity index (χ0) is 16.6. The van der Waals surface area contributed by atoms with E-state index >= 15 is 0 Å². The van der Waals surface area contributed by atoms with E-state index in [1.54, 1.807) is 34.9 Å². The quantitative estimate of drug-likeness (QED) is 0.671. The molecule has 0 amide bonds. The van der Waals surface area contributed by atoms with Crippen LogP contribution in [0.5, 0.6) is 0 Å². The van der Waals surface area contributed by atoms with E-state index in [1.165, 1.54) is 0 Å². The van der Waals surface area contributed by atoms with Gasteiger partial charge in [0, 0.05) is 6.20 Å². The highest BCUT2D eigenvalue weighted by molar-refractivity contribution is 6.43. The first-order valence-electron chi connectivity index (χ1n) is 6.55. The van der Waals surface area contributed by atoms with Crippen molar-refractivity contribution in [2.45, 2.75) is 6.92 Å². The van der Waals surface area contributed by atoms with Crippen LogP contribution in [0, 0.1) is 6.92 Å². The van der Waals surface area contributed by atoms with Crippen LogP contribution in [0.1, 0.15) is 16.1 Å². The molecule has 0 fully saturated rings. The molecule has 0 aliphatic heterocycles. The van der Waals surface area contributed by atoms with Crippen molar-refractivity contribution in [2.24, 2.45) is 10.2 Å². The molecule has 1 N–H and O–H groups in total. The summed E-state index contributed by atoms with van der Waals surface area (Å²) in [6.45, 7) is 1.89. The van der Waals surface area contributed by atoms with Crippen molar-refractivity contribution < 1.29 is 9.90 Å². The van der Waals surface area contributed by atoms with Crippen molar-refractivity contribution in [1.82, 2.24) is 9.38 Å². The average Bonchev–Trinajstić information content (AvgIpc) is 2.86. The number of nitrogens with zero attached hydrogens (tertiary/aromatic N) is 4. The normalized spacial score (nSPS) is 11.4. The SMILES string of the molecule is Cc1ccn2c(N=Nc3cccc(Cl)c3Cl)c(C(=O)O)nc2c1. The Balaban J connectivity index is 2.15. The van der Waals surface area contributed by atoms with Gasteiger partial charge in [-0.05, 0) is 36.8 Å². The fraction of sp³-hybridized carbons (Fsp3) is 0.0667. The minimum Gasteiger partial charge on any atom is -0.476 e.